The maximum atomic E-state index is 11.6. The van der Waals surface area contributed by atoms with Crippen molar-refractivity contribution in [3.8, 4) is 12.1 Å². The van der Waals surface area contributed by atoms with Crippen LogP contribution in [0.2, 0.25) is 0 Å². The molecule has 0 saturated carbocycles. The molecule has 1 aromatic heterocycles. The van der Waals surface area contributed by atoms with E-state index in [1.54, 1.807) is 16.8 Å². The number of aromatic nitrogens is 1. The fraction of sp³-hybridized carbons (Fsp3) is 0.316. The molecule has 0 saturated heterocycles. The van der Waals surface area contributed by atoms with Gasteiger partial charge in [-0.05, 0) is 32.1 Å². The summed E-state index contributed by atoms with van der Waals surface area (Å²) in [5, 5.41) is 18.0. The summed E-state index contributed by atoms with van der Waals surface area (Å²) in [7, 11) is 0. The van der Waals surface area contributed by atoms with E-state index < -0.39 is 0 Å². The third kappa shape index (κ3) is 4.69. The van der Waals surface area contributed by atoms with Crippen molar-refractivity contribution in [1.29, 1.82) is 10.5 Å². The van der Waals surface area contributed by atoms with Crippen LogP contribution in [0.4, 0.5) is 0 Å². The molecule has 0 atom stereocenters. The van der Waals surface area contributed by atoms with Crippen LogP contribution in [-0.4, -0.2) is 29.2 Å². The molecule has 0 amide bonds. The third-order valence-electron chi connectivity index (χ3n) is 3.93. The molecule has 6 heteroatoms. The lowest BCUT2D eigenvalue weighted by atomic mass is 10.0. The van der Waals surface area contributed by atoms with Gasteiger partial charge in [-0.2, -0.15) is 10.5 Å². The van der Waals surface area contributed by atoms with E-state index in [2.05, 4.69) is 4.90 Å². The number of nitriles is 2. The standard InChI is InChI=1S/C19H20N4O2/c1-15-11-17(18(13-20)14-21)12-16(2)23(15)8-10-25-9-7-22-6-4-3-5-19(22)24/h3-6,11-12H,7-10H2,1-2H3. The zero-order valence-corrected chi connectivity index (χ0v) is 14.4. The summed E-state index contributed by atoms with van der Waals surface area (Å²) >= 11 is 0. The molecule has 0 bridgehead atoms. The van der Waals surface area contributed by atoms with Gasteiger partial charge in [0.15, 0.2) is 0 Å². The van der Waals surface area contributed by atoms with Crippen molar-refractivity contribution < 1.29 is 4.74 Å². The lowest BCUT2D eigenvalue weighted by Gasteiger charge is -2.29. The monoisotopic (exact) mass is 336 g/mol. The number of nitrogens with zero attached hydrogens (tertiary/aromatic N) is 4. The number of hydrogen-bond acceptors (Lipinski definition) is 5. The molecule has 0 radical (unpaired) electrons. The van der Waals surface area contributed by atoms with Gasteiger partial charge in [-0.1, -0.05) is 6.07 Å². The predicted molar refractivity (Wildman–Crippen MR) is 94.0 cm³/mol. The van der Waals surface area contributed by atoms with Gasteiger partial charge in [0, 0.05) is 42.3 Å². The van der Waals surface area contributed by atoms with Gasteiger partial charge in [0.2, 0.25) is 0 Å². The minimum Gasteiger partial charge on any atom is -0.378 e. The van der Waals surface area contributed by atoms with Gasteiger partial charge in [0.1, 0.15) is 17.7 Å². The molecular formula is C19H20N4O2. The number of rotatable bonds is 6. The van der Waals surface area contributed by atoms with Gasteiger partial charge in [-0.3, -0.25) is 4.79 Å². The van der Waals surface area contributed by atoms with E-state index in [9.17, 15) is 4.79 Å². The lowest BCUT2D eigenvalue weighted by Crippen LogP contribution is -2.27. The van der Waals surface area contributed by atoms with E-state index >= 15 is 0 Å². The SMILES string of the molecule is CC1=CC(=C(C#N)C#N)C=C(C)N1CCOCCn1ccccc1=O. The van der Waals surface area contributed by atoms with Gasteiger partial charge in [0.25, 0.3) is 5.56 Å². The Bertz CT molecular complexity index is 824. The summed E-state index contributed by atoms with van der Waals surface area (Å²) in [6.07, 6.45) is 5.41. The fourth-order valence-electron chi connectivity index (χ4n) is 2.64. The summed E-state index contributed by atoms with van der Waals surface area (Å²) in [6.45, 7) is 6.03. The molecule has 1 aliphatic rings. The third-order valence-corrected chi connectivity index (χ3v) is 3.93. The Kier molecular flexibility index (Phi) is 6.33. The first-order chi connectivity index (χ1) is 12.1. The first-order valence-electron chi connectivity index (χ1n) is 7.98. The van der Waals surface area contributed by atoms with E-state index in [0.717, 1.165) is 11.4 Å². The van der Waals surface area contributed by atoms with Gasteiger partial charge in [-0.15, -0.1) is 0 Å². The highest BCUT2D eigenvalue weighted by molar-refractivity contribution is 5.53. The molecule has 2 heterocycles. The average molecular weight is 336 g/mol. The van der Waals surface area contributed by atoms with Crippen molar-refractivity contribution in [2.75, 3.05) is 19.8 Å². The Morgan fingerprint density at radius 2 is 1.72 bits per heavy atom. The number of ether oxygens (including phenoxy) is 1. The maximum Gasteiger partial charge on any atom is 0.250 e. The predicted octanol–water partition coefficient (Wildman–Crippen LogP) is 2.33. The molecule has 0 spiro atoms. The van der Waals surface area contributed by atoms with Crippen molar-refractivity contribution in [2.24, 2.45) is 0 Å². The van der Waals surface area contributed by atoms with Crippen LogP contribution >= 0.6 is 0 Å². The highest BCUT2D eigenvalue weighted by atomic mass is 16.5. The quantitative estimate of drug-likeness (QED) is 0.588. The van der Waals surface area contributed by atoms with E-state index in [0.29, 0.717) is 31.9 Å². The van der Waals surface area contributed by atoms with E-state index in [4.69, 9.17) is 15.3 Å². The fourth-order valence-corrected chi connectivity index (χ4v) is 2.64. The van der Waals surface area contributed by atoms with Crippen LogP contribution in [0.5, 0.6) is 0 Å². The maximum absolute atomic E-state index is 11.6. The van der Waals surface area contributed by atoms with Gasteiger partial charge in [0.05, 0.1) is 13.2 Å². The summed E-state index contributed by atoms with van der Waals surface area (Å²) in [5.41, 5.74) is 2.63. The summed E-state index contributed by atoms with van der Waals surface area (Å²) in [6, 6.07) is 8.89. The Labute approximate surface area is 147 Å². The number of allylic oxidation sites excluding steroid dienone is 6. The van der Waals surface area contributed by atoms with Gasteiger partial charge < -0.3 is 14.2 Å². The molecule has 2 rings (SSSR count). The molecule has 0 aromatic carbocycles. The van der Waals surface area contributed by atoms with Crippen molar-refractivity contribution in [1.82, 2.24) is 9.47 Å². The largest absolute Gasteiger partial charge is 0.378 e. The molecule has 1 aliphatic heterocycles. The smallest absolute Gasteiger partial charge is 0.250 e. The molecule has 0 N–H and O–H groups in total. The van der Waals surface area contributed by atoms with Crippen LogP contribution in [0.15, 0.2) is 63.9 Å². The number of hydrogen-bond donors (Lipinski definition) is 0. The Balaban J connectivity index is 1.87. The van der Waals surface area contributed by atoms with E-state index in [1.807, 2.05) is 44.2 Å². The summed E-state index contributed by atoms with van der Waals surface area (Å²) in [4.78, 5) is 13.7. The summed E-state index contributed by atoms with van der Waals surface area (Å²) in [5.74, 6) is 0. The van der Waals surface area contributed by atoms with Crippen molar-refractivity contribution in [3.63, 3.8) is 0 Å². The minimum absolute atomic E-state index is 0.0372. The van der Waals surface area contributed by atoms with Gasteiger partial charge in [-0.25, -0.2) is 0 Å². The molecular weight excluding hydrogens is 316 g/mol. The molecule has 128 valence electrons. The topological polar surface area (TPSA) is 82.0 Å². The van der Waals surface area contributed by atoms with Crippen molar-refractivity contribution in [3.05, 3.63) is 69.4 Å². The Morgan fingerprint density at radius 3 is 2.32 bits per heavy atom. The second-order valence-corrected chi connectivity index (χ2v) is 5.62. The normalized spacial score (nSPS) is 13.6. The van der Waals surface area contributed by atoms with Crippen LogP contribution in [0.1, 0.15) is 13.8 Å². The molecule has 1 aromatic rings. The first kappa shape index (κ1) is 18.3. The number of pyridine rings is 1. The first-order valence-corrected chi connectivity index (χ1v) is 7.98. The van der Waals surface area contributed by atoms with E-state index in [-0.39, 0.29) is 11.1 Å². The molecule has 6 nitrogen and oxygen atoms in total. The highest BCUT2D eigenvalue weighted by Gasteiger charge is 2.15. The van der Waals surface area contributed by atoms with Crippen LogP contribution in [-0.2, 0) is 11.3 Å². The molecule has 0 fully saturated rings. The van der Waals surface area contributed by atoms with Crippen LogP contribution in [0.25, 0.3) is 0 Å². The minimum atomic E-state index is -0.0372. The second-order valence-electron chi connectivity index (χ2n) is 5.62. The highest BCUT2D eigenvalue weighted by Crippen LogP contribution is 2.24. The van der Waals surface area contributed by atoms with Gasteiger partial charge >= 0.3 is 0 Å². The van der Waals surface area contributed by atoms with Crippen molar-refractivity contribution in [2.45, 2.75) is 20.4 Å². The van der Waals surface area contributed by atoms with Crippen molar-refractivity contribution >= 4 is 0 Å². The second kappa shape index (κ2) is 8.68. The lowest BCUT2D eigenvalue weighted by molar-refractivity contribution is 0.112. The molecule has 25 heavy (non-hydrogen) atoms. The van der Waals surface area contributed by atoms with Crippen LogP contribution in [0.3, 0.4) is 0 Å². The zero-order valence-electron chi connectivity index (χ0n) is 14.4. The van der Waals surface area contributed by atoms with Crippen LogP contribution in [0, 0.1) is 22.7 Å². The summed E-state index contributed by atoms with van der Waals surface area (Å²) < 4.78 is 7.25. The van der Waals surface area contributed by atoms with Crippen LogP contribution < -0.4 is 5.56 Å². The Hall–Kier alpha value is -3.09. The Morgan fingerprint density at radius 1 is 1.08 bits per heavy atom. The van der Waals surface area contributed by atoms with E-state index in [1.165, 1.54) is 6.07 Å². The average Bonchev–Trinajstić information content (AvgIpc) is 2.59. The zero-order chi connectivity index (χ0) is 18.2. The molecule has 0 unspecified atom stereocenters. The molecule has 0 aliphatic carbocycles.